The van der Waals surface area contributed by atoms with E-state index in [0.717, 1.165) is 62.1 Å². The quantitative estimate of drug-likeness (QED) is 0.680. The fraction of sp³-hybridized carbons (Fsp3) is 0.417. The molecule has 2 saturated heterocycles. The molecule has 2 aliphatic rings. The van der Waals surface area contributed by atoms with Crippen molar-refractivity contribution in [1.82, 2.24) is 15.4 Å². The number of likely N-dealkylation sites (tertiary alicyclic amines) is 1. The number of carbonyl (C=O) groups is 1. The molecule has 2 fully saturated rings. The van der Waals surface area contributed by atoms with Crippen molar-refractivity contribution >= 4 is 22.6 Å². The van der Waals surface area contributed by atoms with Crippen molar-refractivity contribution in [1.29, 1.82) is 0 Å². The Kier molecular flexibility index (Phi) is 5.14. The smallest absolute Gasteiger partial charge is 0.247 e. The second-order valence-electron chi connectivity index (χ2n) is 8.67. The first-order valence-electron chi connectivity index (χ1n) is 10.9. The van der Waals surface area contributed by atoms with Gasteiger partial charge in [0.25, 0.3) is 0 Å². The number of nitrogens with zero attached hydrogens (tertiary/aromatic N) is 3. The van der Waals surface area contributed by atoms with Crippen LogP contribution in [-0.2, 0) is 11.2 Å². The van der Waals surface area contributed by atoms with Crippen LogP contribution >= 0.6 is 0 Å². The van der Waals surface area contributed by atoms with Crippen LogP contribution in [0.2, 0.25) is 0 Å². The fourth-order valence-corrected chi connectivity index (χ4v) is 4.91. The van der Waals surface area contributed by atoms with E-state index in [0.29, 0.717) is 12.3 Å². The molecule has 3 heterocycles. The van der Waals surface area contributed by atoms with E-state index in [9.17, 15) is 9.18 Å². The molecule has 1 N–H and O–H groups in total. The van der Waals surface area contributed by atoms with E-state index in [1.165, 1.54) is 17.7 Å². The van der Waals surface area contributed by atoms with Gasteiger partial charge >= 0.3 is 0 Å². The van der Waals surface area contributed by atoms with Crippen LogP contribution in [0.15, 0.2) is 47.0 Å². The van der Waals surface area contributed by atoms with Gasteiger partial charge in [0.15, 0.2) is 5.58 Å². The van der Waals surface area contributed by atoms with Crippen molar-refractivity contribution in [3.63, 3.8) is 0 Å². The highest BCUT2D eigenvalue weighted by molar-refractivity contribution is 5.93. The lowest BCUT2D eigenvalue weighted by Crippen LogP contribution is -2.56. The summed E-state index contributed by atoms with van der Waals surface area (Å²) in [5, 5.41) is 8.07. The molecule has 0 radical (unpaired) electrons. The highest BCUT2D eigenvalue weighted by atomic mass is 19.1. The lowest BCUT2D eigenvalue weighted by atomic mass is 9.85. The summed E-state index contributed by atoms with van der Waals surface area (Å²) in [6.07, 6.45) is 3.37. The molecule has 31 heavy (non-hydrogen) atoms. The third-order valence-electron chi connectivity index (χ3n) is 6.76. The Morgan fingerprint density at radius 3 is 2.71 bits per heavy atom. The zero-order chi connectivity index (χ0) is 21.4. The molecule has 1 spiro atoms. The summed E-state index contributed by atoms with van der Waals surface area (Å²) >= 11 is 0. The monoisotopic (exact) mass is 422 g/mol. The van der Waals surface area contributed by atoms with Crippen molar-refractivity contribution in [3.8, 4) is 0 Å². The molecule has 5 rings (SSSR count). The van der Waals surface area contributed by atoms with E-state index < -0.39 is 5.54 Å². The molecule has 7 heteroatoms. The van der Waals surface area contributed by atoms with Gasteiger partial charge in [-0.05, 0) is 63.4 Å². The Labute approximate surface area is 181 Å². The topological polar surface area (TPSA) is 61.6 Å². The molecular weight excluding hydrogens is 395 g/mol. The molecular formula is C24H27FN4O2. The largest absolute Gasteiger partial charge is 0.356 e. The average Bonchev–Trinajstić information content (AvgIpc) is 3.31. The number of nitrogens with one attached hydrogen (secondary N) is 1. The predicted molar refractivity (Wildman–Crippen MR) is 117 cm³/mol. The van der Waals surface area contributed by atoms with Crippen molar-refractivity contribution < 1.29 is 13.7 Å². The number of hydrogen-bond acceptors (Lipinski definition) is 5. The molecule has 0 atom stereocenters. The van der Waals surface area contributed by atoms with E-state index >= 15 is 0 Å². The number of benzene rings is 2. The van der Waals surface area contributed by atoms with Crippen LogP contribution in [0.25, 0.3) is 11.0 Å². The summed E-state index contributed by atoms with van der Waals surface area (Å²) in [6.45, 7) is 5.37. The number of rotatable bonds is 5. The van der Waals surface area contributed by atoms with Crippen LogP contribution < -0.4 is 10.2 Å². The lowest BCUT2D eigenvalue weighted by molar-refractivity contribution is -0.125. The van der Waals surface area contributed by atoms with Gasteiger partial charge in [-0.2, -0.15) is 0 Å². The summed E-state index contributed by atoms with van der Waals surface area (Å²) in [7, 11) is 0. The summed E-state index contributed by atoms with van der Waals surface area (Å²) in [6, 6.07) is 13.0. The minimum Gasteiger partial charge on any atom is -0.356 e. The third kappa shape index (κ3) is 3.67. The van der Waals surface area contributed by atoms with Crippen LogP contribution in [0.5, 0.6) is 0 Å². The van der Waals surface area contributed by atoms with Gasteiger partial charge in [0.05, 0.1) is 12.4 Å². The highest BCUT2D eigenvalue weighted by Gasteiger charge is 2.50. The van der Waals surface area contributed by atoms with Crippen molar-refractivity contribution in [3.05, 3.63) is 59.5 Å². The number of anilines is 1. The Hall–Kier alpha value is -2.93. The normalized spacial score (nSPS) is 18.8. The Morgan fingerprint density at radius 1 is 1.16 bits per heavy atom. The van der Waals surface area contributed by atoms with Crippen molar-refractivity contribution in [2.45, 2.75) is 38.1 Å². The summed E-state index contributed by atoms with van der Waals surface area (Å²) in [5.74, 6) is -0.165. The molecule has 0 bridgehead atoms. The SMILES string of the molecule is Cc1ccc(N2CNC(=O)C23CCN(CCCc2noc4cc(F)ccc24)CC3)cc1. The number of piperidine rings is 1. The molecule has 2 aromatic carbocycles. The fourth-order valence-electron chi connectivity index (χ4n) is 4.91. The maximum Gasteiger partial charge on any atom is 0.247 e. The van der Waals surface area contributed by atoms with E-state index in [1.54, 1.807) is 6.07 Å². The zero-order valence-electron chi connectivity index (χ0n) is 17.7. The molecule has 1 aromatic heterocycles. The molecule has 6 nitrogen and oxygen atoms in total. The van der Waals surface area contributed by atoms with E-state index in [2.05, 4.69) is 51.5 Å². The minimum absolute atomic E-state index is 0.147. The Morgan fingerprint density at radius 2 is 1.94 bits per heavy atom. The average molecular weight is 423 g/mol. The van der Waals surface area contributed by atoms with Gasteiger partial charge in [0.2, 0.25) is 5.91 Å². The molecule has 1 amide bonds. The number of fused-ring (bicyclic) bond motifs is 1. The number of halogens is 1. The molecule has 0 aliphatic carbocycles. The van der Waals surface area contributed by atoms with Crippen LogP contribution in [-0.4, -0.2) is 47.8 Å². The second kappa shape index (κ2) is 7.96. The minimum atomic E-state index is -0.446. The summed E-state index contributed by atoms with van der Waals surface area (Å²) in [4.78, 5) is 17.5. The van der Waals surface area contributed by atoms with Gasteiger partial charge in [0.1, 0.15) is 11.4 Å². The van der Waals surface area contributed by atoms with E-state index in [1.807, 2.05) is 0 Å². The first kappa shape index (κ1) is 20.0. The number of carbonyl (C=O) groups excluding carboxylic acids is 1. The van der Waals surface area contributed by atoms with Crippen molar-refractivity contribution in [2.24, 2.45) is 0 Å². The molecule has 0 saturated carbocycles. The Balaban J connectivity index is 1.19. The predicted octanol–water partition coefficient (Wildman–Crippen LogP) is 3.64. The number of aryl methyl sites for hydroxylation is 2. The first-order chi connectivity index (χ1) is 15.0. The number of amides is 1. The lowest BCUT2D eigenvalue weighted by Gasteiger charge is -2.43. The Bertz CT molecular complexity index is 1090. The number of aromatic nitrogens is 1. The van der Waals surface area contributed by atoms with E-state index in [4.69, 9.17) is 4.52 Å². The maximum absolute atomic E-state index is 13.3. The second-order valence-corrected chi connectivity index (χ2v) is 8.67. The molecule has 3 aromatic rings. The molecule has 162 valence electrons. The van der Waals surface area contributed by atoms with Crippen LogP contribution in [0, 0.1) is 12.7 Å². The number of hydrogen-bond donors (Lipinski definition) is 1. The third-order valence-corrected chi connectivity index (χ3v) is 6.76. The van der Waals surface area contributed by atoms with E-state index in [-0.39, 0.29) is 11.7 Å². The summed E-state index contributed by atoms with van der Waals surface area (Å²) in [5.41, 5.74) is 3.25. The van der Waals surface area contributed by atoms with Crippen LogP contribution in [0.4, 0.5) is 10.1 Å². The molecule has 2 aliphatic heterocycles. The summed E-state index contributed by atoms with van der Waals surface area (Å²) < 4.78 is 18.6. The van der Waals surface area contributed by atoms with Gasteiger partial charge in [-0.15, -0.1) is 0 Å². The van der Waals surface area contributed by atoms with Gasteiger partial charge in [0, 0.05) is 30.2 Å². The van der Waals surface area contributed by atoms with Crippen LogP contribution in [0.3, 0.4) is 0 Å². The highest BCUT2D eigenvalue weighted by Crippen LogP contribution is 2.36. The first-order valence-corrected chi connectivity index (χ1v) is 10.9. The molecule has 0 unspecified atom stereocenters. The van der Waals surface area contributed by atoms with Crippen LogP contribution in [0.1, 0.15) is 30.5 Å². The van der Waals surface area contributed by atoms with Gasteiger partial charge in [-0.3, -0.25) is 4.79 Å². The standard InChI is InChI=1S/C24H27FN4O2/c1-17-4-7-19(8-5-17)29-16-26-23(30)24(29)10-13-28(14-11-24)12-2-3-21-20-9-6-18(25)15-22(20)31-27-21/h4-9,15H,2-3,10-14,16H2,1H3,(H,26,30). The van der Waals surface area contributed by atoms with Crippen molar-refractivity contribution in [2.75, 3.05) is 31.2 Å². The van der Waals surface area contributed by atoms with Gasteiger partial charge in [-0.1, -0.05) is 22.9 Å². The maximum atomic E-state index is 13.3. The van der Waals surface area contributed by atoms with Gasteiger partial charge < -0.3 is 19.6 Å². The van der Waals surface area contributed by atoms with Gasteiger partial charge in [-0.25, -0.2) is 4.39 Å². The zero-order valence-corrected chi connectivity index (χ0v) is 17.7.